The van der Waals surface area contributed by atoms with E-state index in [0.717, 1.165) is 72.6 Å². The summed E-state index contributed by atoms with van der Waals surface area (Å²) >= 11 is 24.3. The number of halogens is 4. The number of carbonyl (C=O) groups is 6. The number of nitrogens with two attached hydrogens (primary N) is 1. The maximum atomic E-state index is 12.9. The normalized spacial score (nSPS) is 12.8. The molecule has 0 bridgehead atoms. The van der Waals surface area contributed by atoms with Gasteiger partial charge >= 0.3 is 23.9 Å². The van der Waals surface area contributed by atoms with E-state index in [9.17, 15) is 39.1 Å². The zero-order valence-corrected chi connectivity index (χ0v) is 78.7. The third-order valence-electron chi connectivity index (χ3n) is 18.5. The van der Waals surface area contributed by atoms with E-state index in [1.54, 1.807) is 50.2 Å². The first kappa shape index (κ1) is 102. The lowest BCUT2D eigenvalue weighted by Crippen LogP contribution is -2.30. The number of nitrogens with zero attached hydrogens (tertiary/aromatic N) is 5. The van der Waals surface area contributed by atoms with E-state index in [4.69, 9.17) is 95.3 Å². The number of methoxy groups -OCH3 is 3. The Morgan fingerprint density at radius 2 is 0.620 bits per heavy atom. The first-order valence-corrected chi connectivity index (χ1v) is 41.3. The summed E-state index contributed by atoms with van der Waals surface area (Å²) in [5.41, 5.74) is 20.4. The number of amides is 2. The van der Waals surface area contributed by atoms with Crippen LogP contribution in [0.1, 0.15) is 252 Å². The minimum absolute atomic E-state index is 0.0352. The number of carbonyl (C=O) groups excluding carboxylic acids is 5. The molecule has 0 fully saturated rings. The molecule has 4 heterocycles. The number of aliphatic carboxylic acids is 1. The van der Waals surface area contributed by atoms with Gasteiger partial charge in [-0.25, -0.2) is 24.2 Å². The Hall–Kier alpha value is -9.25. The highest BCUT2D eigenvalue weighted by Gasteiger charge is 2.39. The van der Waals surface area contributed by atoms with E-state index in [1.807, 2.05) is 227 Å². The quantitative estimate of drug-likeness (QED) is 0.0341. The van der Waals surface area contributed by atoms with E-state index in [2.05, 4.69) is 26.7 Å². The smallest absolute Gasteiger partial charge is 0.339 e. The van der Waals surface area contributed by atoms with Gasteiger partial charge in [0.15, 0.2) is 24.4 Å². The van der Waals surface area contributed by atoms with Crippen molar-refractivity contribution in [3.05, 3.63) is 207 Å². The zero-order valence-electron chi connectivity index (χ0n) is 75.7. The molecule has 8 rings (SSSR count). The fourth-order valence-electron chi connectivity index (χ4n) is 13.4. The van der Waals surface area contributed by atoms with Crippen LogP contribution in [0.5, 0.6) is 0 Å². The number of nitriles is 1. The Balaban J connectivity index is 0.000000288. The minimum atomic E-state index is -1.20. The summed E-state index contributed by atoms with van der Waals surface area (Å²) in [6.45, 7) is 50.2. The summed E-state index contributed by atoms with van der Waals surface area (Å²) in [5.74, 6) is -2.67. The summed E-state index contributed by atoms with van der Waals surface area (Å²) in [5, 5.41) is 27.9. The van der Waals surface area contributed by atoms with E-state index >= 15 is 0 Å². The molecule has 22 nitrogen and oxygen atoms in total. The van der Waals surface area contributed by atoms with Gasteiger partial charge in [0.05, 0.1) is 73.9 Å². The average molecular weight is 1740 g/mol. The molecule has 0 radical (unpaired) electrons. The van der Waals surface area contributed by atoms with Gasteiger partial charge in [0.1, 0.15) is 11.8 Å². The fourth-order valence-corrected chi connectivity index (χ4v) is 13.9. The Kier molecular flexibility index (Phi) is 36.5. The summed E-state index contributed by atoms with van der Waals surface area (Å²) in [6, 6.07) is 31.5. The molecule has 0 saturated carbocycles. The summed E-state index contributed by atoms with van der Waals surface area (Å²) in [7, 11) is 4.02. The molecular formula is C95H122Cl4N8O14. The van der Waals surface area contributed by atoms with Gasteiger partial charge in [-0.05, 0) is 265 Å². The number of esters is 3. The lowest BCUT2D eigenvalue weighted by Gasteiger charge is -2.29. The first-order chi connectivity index (χ1) is 55.9. The van der Waals surface area contributed by atoms with Gasteiger partial charge in [-0.2, -0.15) is 5.26 Å². The maximum absolute atomic E-state index is 12.9. The minimum Gasteiger partial charge on any atom is -0.479 e. The largest absolute Gasteiger partial charge is 0.479 e. The fraction of sp³-hybridized carbons (Fsp3) is 0.463. The van der Waals surface area contributed by atoms with Crippen LogP contribution in [0.4, 0.5) is 0 Å². The van der Waals surface area contributed by atoms with Crippen molar-refractivity contribution in [1.29, 1.82) is 5.26 Å². The maximum Gasteiger partial charge on any atom is 0.339 e. The molecule has 4 aromatic carbocycles. The Bertz CT molecular complexity index is 5030. The molecule has 0 spiro atoms. The average Bonchev–Trinajstić information content (AvgIpc) is 0.787. The van der Waals surface area contributed by atoms with Crippen molar-refractivity contribution in [3.63, 3.8) is 0 Å². The molecule has 654 valence electrons. The zero-order chi connectivity index (χ0) is 91.7. The monoisotopic (exact) mass is 1740 g/mol. The predicted molar refractivity (Wildman–Crippen MR) is 479 cm³/mol. The number of hydrogen-bond donors (Lipinski definition) is 4. The third-order valence-corrected chi connectivity index (χ3v) is 19.5. The molecule has 4 aromatic heterocycles. The predicted octanol–water partition coefficient (Wildman–Crippen LogP) is 21.5. The molecule has 4 atom stereocenters. The SMILES string of the molecule is COC(=O)[C@@H](OC(C)(C)C)c1c(C)nc(C#N)c(C)c1-c1ccc(Cl)cc1.COC(=O)[C@@H](OC(C)(C)C)c1c(C)nc(CN)c(C)c1-c1ccc(Cl)cc1.COC(=O)[C@@H](OC(C)(C)C)c1c(C)nc(CNC(=O)CC(C)(C)C)c(C)c1-c1ccc(Cl)cc1.Cc1nc(CNC(=O)CC(C)(C)C)c(C)c(-c2ccc(Cl)cc2)c1[C@H](OC(C)(C)C)C(=O)O. The Morgan fingerprint density at radius 3 is 0.851 bits per heavy atom. The van der Waals surface area contributed by atoms with Crippen molar-refractivity contribution in [2.45, 2.75) is 259 Å². The van der Waals surface area contributed by atoms with Crippen molar-refractivity contribution in [2.75, 3.05) is 21.3 Å². The van der Waals surface area contributed by atoms with Crippen LogP contribution in [-0.4, -0.2) is 104 Å². The highest BCUT2D eigenvalue weighted by atomic mass is 35.5. The van der Waals surface area contributed by atoms with E-state index in [-0.39, 0.29) is 35.7 Å². The van der Waals surface area contributed by atoms with Crippen LogP contribution >= 0.6 is 46.4 Å². The summed E-state index contributed by atoms with van der Waals surface area (Å²) in [4.78, 5) is 93.7. The van der Waals surface area contributed by atoms with Crippen LogP contribution in [-0.2, 0) is 81.6 Å². The second-order valence-corrected chi connectivity index (χ2v) is 37.6. The number of hydrogen-bond acceptors (Lipinski definition) is 19. The molecule has 0 aliphatic carbocycles. The van der Waals surface area contributed by atoms with Crippen LogP contribution in [0.25, 0.3) is 44.5 Å². The molecule has 0 aliphatic heterocycles. The number of aryl methyl sites for hydroxylation is 4. The van der Waals surface area contributed by atoms with E-state index in [0.29, 0.717) is 101 Å². The lowest BCUT2D eigenvalue weighted by atomic mass is 9.89. The number of rotatable bonds is 23. The van der Waals surface area contributed by atoms with E-state index < -0.39 is 70.7 Å². The number of carboxylic acid groups (broad SMARTS) is 1. The van der Waals surface area contributed by atoms with Crippen LogP contribution in [0, 0.1) is 77.6 Å². The molecule has 121 heavy (non-hydrogen) atoms. The summed E-state index contributed by atoms with van der Waals surface area (Å²) < 4.78 is 39.4. The number of carboxylic acids is 1. The van der Waals surface area contributed by atoms with Gasteiger partial charge in [-0.15, -0.1) is 0 Å². The van der Waals surface area contributed by atoms with Gasteiger partial charge in [0.2, 0.25) is 11.8 Å². The van der Waals surface area contributed by atoms with Gasteiger partial charge in [-0.3, -0.25) is 24.5 Å². The third kappa shape index (κ3) is 30.1. The lowest BCUT2D eigenvalue weighted by molar-refractivity contribution is -0.164. The van der Waals surface area contributed by atoms with Crippen molar-refractivity contribution >= 4 is 82.1 Å². The number of pyridine rings is 4. The van der Waals surface area contributed by atoms with Crippen LogP contribution in [0.15, 0.2) is 97.1 Å². The molecule has 26 heteroatoms. The van der Waals surface area contributed by atoms with Gasteiger partial charge in [0, 0.05) is 84.5 Å². The Morgan fingerprint density at radius 1 is 0.388 bits per heavy atom. The highest BCUT2D eigenvalue weighted by Crippen LogP contribution is 2.44. The van der Waals surface area contributed by atoms with Crippen LogP contribution < -0.4 is 16.4 Å². The van der Waals surface area contributed by atoms with Crippen molar-refractivity contribution in [3.8, 4) is 50.6 Å². The summed E-state index contributed by atoms with van der Waals surface area (Å²) in [6.07, 6.45) is -3.24. The molecule has 0 aliphatic rings. The second kappa shape index (κ2) is 43.2. The Labute approximate surface area is 735 Å². The van der Waals surface area contributed by atoms with Crippen LogP contribution in [0.3, 0.4) is 0 Å². The second-order valence-electron chi connectivity index (χ2n) is 35.9. The molecule has 8 aromatic rings. The van der Waals surface area contributed by atoms with Crippen molar-refractivity contribution < 1.29 is 67.0 Å². The van der Waals surface area contributed by atoms with Gasteiger partial charge in [0.25, 0.3) is 0 Å². The van der Waals surface area contributed by atoms with Crippen molar-refractivity contribution in [2.24, 2.45) is 16.6 Å². The van der Waals surface area contributed by atoms with Gasteiger partial charge < -0.3 is 54.6 Å². The molecule has 0 saturated heterocycles. The molecular weight excluding hydrogens is 1620 g/mol. The first-order valence-electron chi connectivity index (χ1n) is 39.7. The topological polar surface area (TPSA) is 313 Å². The highest BCUT2D eigenvalue weighted by molar-refractivity contribution is 6.31. The molecule has 2 amide bonds. The van der Waals surface area contributed by atoms with Crippen LogP contribution in [0.2, 0.25) is 20.1 Å². The van der Waals surface area contributed by atoms with Crippen molar-refractivity contribution in [1.82, 2.24) is 30.6 Å². The number of ether oxygens (including phenoxy) is 7. The van der Waals surface area contributed by atoms with Gasteiger partial charge in [-0.1, -0.05) is 136 Å². The van der Waals surface area contributed by atoms with E-state index in [1.165, 1.54) is 21.3 Å². The molecule has 5 N–H and O–H groups in total. The number of aromatic nitrogens is 4. The molecule has 0 unspecified atom stereocenters. The number of nitrogens with one attached hydrogen (secondary N) is 2. The number of benzene rings is 4. The standard InChI is InChI=1S/C27H37ClN2O4.C26H35ClN2O4.C21H27ClN2O3.C21H23ClN2O3/c1-16-20(15-29-21(31)14-26(3,4)5)30-17(2)23(22(16)18-10-12-19(28)13-11-18)24(25(32)33-9)34-27(6,7)8;1-15-19(14-28-20(30)13-25(3,4)5)29-16(2)22(23(24(31)32)33-26(6,7)8)21(15)17-9-11-18(27)12-10-17;2*1-12-16(11-23)24-13(2)18(17(12)14-7-9-15(22)10-8-14)19(20(25)26-6)27-21(3,4)5/h10-13,24H,14-15H2,1-9H3,(H,29,31);9-12,23H,13-14H2,1-8H3,(H,28,30)(H,31,32);7-10,19H,11,23H2,1-6H3;7-10,19H,1-6H3/t24-;23-;2*19-/m0000/s1.